The average Bonchev–Trinajstić information content (AvgIpc) is 3.15. The SMILES string of the molecule is C[C@H]1CCCC[NH+]1CCCNC(=O)/C=C/c1cnn(-c2ccccc2)c1. The Bertz CT molecular complexity index is 723. The zero-order valence-corrected chi connectivity index (χ0v) is 15.5. The van der Waals surface area contributed by atoms with E-state index in [1.165, 1.54) is 25.8 Å². The van der Waals surface area contributed by atoms with Crippen LogP contribution in [-0.2, 0) is 4.79 Å². The molecule has 5 heteroatoms. The van der Waals surface area contributed by atoms with Crippen LogP contribution in [0.5, 0.6) is 0 Å². The number of piperidine rings is 1. The predicted molar refractivity (Wildman–Crippen MR) is 104 cm³/mol. The van der Waals surface area contributed by atoms with E-state index in [9.17, 15) is 4.79 Å². The summed E-state index contributed by atoms with van der Waals surface area (Å²) in [4.78, 5) is 13.7. The van der Waals surface area contributed by atoms with Gasteiger partial charge in [0.05, 0.1) is 31.0 Å². The Morgan fingerprint density at radius 1 is 1.35 bits per heavy atom. The lowest BCUT2D eigenvalue weighted by molar-refractivity contribution is -0.928. The summed E-state index contributed by atoms with van der Waals surface area (Å²) >= 11 is 0. The summed E-state index contributed by atoms with van der Waals surface area (Å²) in [6.45, 7) is 5.50. The van der Waals surface area contributed by atoms with Crippen LogP contribution < -0.4 is 10.2 Å². The first kappa shape index (κ1) is 18.4. The van der Waals surface area contributed by atoms with Gasteiger partial charge in [0.1, 0.15) is 0 Å². The first-order chi connectivity index (χ1) is 12.7. The minimum absolute atomic E-state index is 0.0425. The van der Waals surface area contributed by atoms with E-state index in [1.807, 2.05) is 36.5 Å². The summed E-state index contributed by atoms with van der Waals surface area (Å²) in [5.74, 6) is -0.0425. The largest absolute Gasteiger partial charge is 0.352 e. The van der Waals surface area contributed by atoms with Crippen molar-refractivity contribution in [2.45, 2.75) is 38.6 Å². The van der Waals surface area contributed by atoms with Gasteiger partial charge in [-0.15, -0.1) is 0 Å². The third kappa shape index (κ3) is 5.30. The van der Waals surface area contributed by atoms with Crippen LogP contribution in [0.2, 0.25) is 0 Å². The number of hydrogen-bond acceptors (Lipinski definition) is 2. The van der Waals surface area contributed by atoms with E-state index >= 15 is 0 Å². The van der Waals surface area contributed by atoms with Gasteiger partial charge in [-0.05, 0) is 44.4 Å². The standard InChI is InChI=1S/C21H28N4O/c1-18-8-5-6-14-24(18)15-7-13-22-21(26)12-11-19-16-23-25(17-19)20-9-3-2-4-10-20/h2-4,9-12,16-18H,5-8,13-15H2,1H3,(H,22,26)/p+1/b12-11+/t18-/m0/s1. The van der Waals surface area contributed by atoms with Crippen molar-refractivity contribution >= 4 is 12.0 Å². The lowest BCUT2D eigenvalue weighted by Gasteiger charge is -2.30. The molecule has 5 nitrogen and oxygen atoms in total. The molecule has 1 unspecified atom stereocenters. The van der Waals surface area contributed by atoms with Crippen molar-refractivity contribution in [3.8, 4) is 5.69 Å². The highest BCUT2D eigenvalue weighted by atomic mass is 16.1. The molecule has 0 aliphatic carbocycles. The van der Waals surface area contributed by atoms with E-state index in [1.54, 1.807) is 27.9 Å². The predicted octanol–water partition coefficient (Wildman–Crippen LogP) is 1.85. The summed E-state index contributed by atoms with van der Waals surface area (Å²) in [6, 6.07) is 10.7. The number of carbonyl (C=O) groups is 1. The summed E-state index contributed by atoms with van der Waals surface area (Å²) in [5, 5.41) is 7.31. The quantitative estimate of drug-likeness (QED) is 0.590. The number of para-hydroxylation sites is 1. The van der Waals surface area contributed by atoms with Gasteiger partial charge in [-0.3, -0.25) is 4.79 Å². The second kappa shape index (κ2) is 9.34. The van der Waals surface area contributed by atoms with E-state index < -0.39 is 0 Å². The van der Waals surface area contributed by atoms with Gasteiger partial charge in [-0.1, -0.05) is 18.2 Å². The number of aromatic nitrogens is 2. The van der Waals surface area contributed by atoms with Gasteiger partial charge in [0, 0.05) is 30.8 Å². The molecule has 2 N–H and O–H groups in total. The third-order valence-electron chi connectivity index (χ3n) is 5.11. The van der Waals surface area contributed by atoms with Crippen LogP contribution in [0.25, 0.3) is 11.8 Å². The Kier molecular flexibility index (Phi) is 6.61. The smallest absolute Gasteiger partial charge is 0.244 e. The lowest BCUT2D eigenvalue weighted by atomic mass is 10.0. The number of benzene rings is 1. The maximum absolute atomic E-state index is 12.0. The molecule has 1 aliphatic rings. The fourth-order valence-electron chi connectivity index (χ4n) is 3.53. The van der Waals surface area contributed by atoms with Gasteiger partial charge in [-0.2, -0.15) is 5.10 Å². The zero-order chi connectivity index (χ0) is 18.2. The average molecular weight is 353 g/mol. The highest BCUT2D eigenvalue weighted by Crippen LogP contribution is 2.08. The maximum Gasteiger partial charge on any atom is 0.244 e. The molecule has 26 heavy (non-hydrogen) atoms. The molecule has 0 bridgehead atoms. The van der Waals surface area contributed by atoms with Crippen LogP contribution in [0.1, 0.15) is 38.2 Å². The highest BCUT2D eigenvalue weighted by Gasteiger charge is 2.20. The van der Waals surface area contributed by atoms with Gasteiger partial charge in [-0.25, -0.2) is 4.68 Å². The molecule has 0 radical (unpaired) electrons. The van der Waals surface area contributed by atoms with Crippen LogP contribution >= 0.6 is 0 Å². The van der Waals surface area contributed by atoms with Crippen molar-refractivity contribution in [1.82, 2.24) is 15.1 Å². The van der Waals surface area contributed by atoms with Crippen LogP contribution in [0.3, 0.4) is 0 Å². The number of rotatable bonds is 7. The third-order valence-corrected chi connectivity index (χ3v) is 5.11. The van der Waals surface area contributed by atoms with Crippen molar-refractivity contribution in [3.05, 3.63) is 54.4 Å². The van der Waals surface area contributed by atoms with E-state index in [-0.39, 0.29) is 5.91 Å². The molecule has 3 rings (SSSR count). The van der Waals surface area contributed by atoms with E-state index in [0.29, 0.717) is 0 Å². The number of nitrogens with one attached hydrogen (secondary N) is 2. The van der Waals surface area contributed by atoms with Crippen LogP contribution in [0.4, 0.5) is 0 Å². The molecule has 138 valence electrons. The number of nitrogens with zero attached hydrogens (tertiary/aromatic N) is 2. The lowest BCUT2D eigenvalue weighted by Crippen LogP contribution is -3.16. The van der Waals surface area contributed by atoms with Gasteiger partial charge >= 0.3 is 0 Å². The number of carbonyl (C=O) groups excluding carboxylic acids is 1. The zero-order valence-electron chi connectivity index (χ0n) is 15.5. The van der Waals surface area contributed by atoms with Gasteiger partial charge in [0.15, 0.2) is 0 Å². The van der Waals surface area contributed by atoms with E-state index in [2.05, 4.69) is 17.3 Å². The fourth-order valence-corrected chi connectivity index (χ4v) is 3.53. The van der Waals surface area contributed by atoms with Crippen molar-refractivity contribution in [3.63, 3.8) is 0 Å². The molecule has 1 aliphatic heterocycles. The van der Waals surface area contributed by atoms with Crippen molar-refractivity contribution in [2.75, 3.05) is 19.6 Å². The number of hydrogen-bond donors (Lipinski definition) is 2. The molecule has 2 atom stereocenters. The Labute approximate surface area is 155 Å². The molecule has 2 heterocycles. The van der Waals surface area contributed by atoms with Crippen molar-refractivity contribution in [2.24, 2.45) is 0 Å². The Morgan fingerprint density at radius 3 is 3.00 bits per heavy atom. The number of quaternary nitrogens is 1. The molecule has 2 aromatic rings. The molecular formula is C21H29N4O+. The number of likely N-dealkylation sites (tertiary alicyclic amines) is 1. The maximum atomic E-state index is 12.0. The summed E-state index contributed by atoms with van der Waals surface area (Å²) in [7, 11) is 0. The van der Waals surface area contributed by atoms with E-state index in [4.69, 9.17) is 0 Å². The van der Waals surface area contributed by atoms with E-state index in [0.717, 1.165) is 36.8 Å². The molecular weight excluding hydrogens is 324 g/mol. The Hall–Kier alpha value is -2.40. The molecule has 1 aromatic carbocycles. The summed E-state index contributed by atoms with van der Waals surface area (Å²) in [6.07, 6.45) is 12.1. The second-order valence-electron chi connectivity index (χ2n) is 7.09. The van der Waals surface area contributed by atoms with Crippen LogP contribution in [0.15, 0.2) is 48.8 Å². The normalized spacial score (nSPS) is 20.3. The molecule has 1 fully saturated rings. The summed E-state index contributed by atoms with van der Waals surface area (Å²) < 4.78 is 1.81. The molecule has 1 aromatic heterocycles. The van der Waals surface area contributed by atoms with Gasteiger partial charge < -0.3 is 10.2 Å². The minimum Gasteiger partial charge on any atom is -0.352 e. The second-order valence-corrected chi connectivity index (χ2v) is 7.09. The van der Waals surface area contributed by atoms with Crippen LogP contribution in [-0.4, -0.2) is 41.4 Å². The fraction of sp³-hybridized carbons (Fsp3) is 0.429. The first-order valence-corrected chi connectivity index (χ1v) is 9.63. The molecule has 0 spiro atoms. The van der Waals surface area contributed by atoms with Crippen molar-refractivity contribution < 1.29 is 9.69 Å². The first-order valence-electron chi connectivity index (χ1n) is 9.63. The van der Waals surface area contributed by atoms with Crippen LogP contribution in [0, 0.1) is 0 Å². The number of amides is 1. The Balaban J connectivity index is 1.40. The van der Waals surface area contributed by atoms with Gasteiger partial charge in [0.2, 0.25) is 5.91 Å². The minimum atomic E-state index is -0.0425. The molecule has 1 amide bonds. The Morgan fingerprint density at radius 2 is 2.19 bits per heavy atom. The monoisotopic (exact) mass is 353 g/mol. The van der Waals surface area contributed by atoms with Crippen molar-refractivity contribution in [1.29, 1.82) is 0 Å². The topological polar surface area (TPSA) is 51.4 Å². The van der Waals surface area contributed by atoms with Gasteiger partial charge in [0.25, 0.3) is 0 Å². The summed E-state index contributed by atoms with van der Waals surface area (Å²) in [5.41, 5.74) is 1.92. The highest BCUT2D eigenvalue weighted by molar-refractivity contribution is 5.91. The molecule has 1 saturated heterocycles. The molecule has 0 saturated carbocycles.